The molecule has 0 spiro atoms. The van der Waals surface area contributed by atoms with E-state index in [1.165, 1.54) is 18.2 Å². The van der Waals surface area contributed by atoms with Crippen molar-refractivity contribution in [3.8, 4) is 0 Å². The lowest BCUT2D eigenvalue weighted by Gasteiger charge is -2.20. The lowest BCUT2D eigenvalue weighted by Crippen LogP contribution is -2.29. The zero-order chi connectivity index (χ0) is 17.0. The second-order valence-corrected chi connectivity index (χ2v) is 5.52. The summed E-state index contributed by atoms with van der Waals surface area (Å²) < 4.78 is 0. The summed E-state index contributed by atoms with van der Waals surface area (Å²) in [6, 6.07) is 4.30. The Labute approximate surface area is 133 Å². The molecule has 0 aliphatic carbocycles. The van der Waals surface area contributed by atoms with Crippen LogP contribution in [0.5, 0.6) is 0 Å². The predicted octanol–water partition coefficient (Wildman–Crippen LogP) is 1.74. The van der Waals surface area contributed by atoms with Crippen molar-refractivity contribution in [3.05, 3.63) is 33.9 Å². The van der Waals surface area contributed by atoms with Crippen LogP contribution in [0.15, 0.2) is 18.2 Å². The van der Waals surface area contributed by atoms with Crippen LogP contribution in [0.1, 0.15) is 29.6 Å². The van der Waals surface area contributed by atoms with Gasteiger partial charge in [0, 0.05) is 38.4 Å². The van der Waals surface area contributed by atoms with Gasteiger partial charge in [0.15, 0.2) is 0 Å². The summed E-state index contributed by atoms with van der Waals surface area (Å²) in [5.74, 6) is -1.27. The van der Waals surface area contributed by atoms with Crippen LogP contribution in [0.25, 0.3) is 0 Å². The van der Waals surface area contributed by atoms with Crippen molar-refractivity contribution in [1.29, 1.82) is 0 Å². The van der Waals surface area contributed by atoms with Crippen molar-refractivity contribution in [3.63, 3.8) is 0 Å². The monoisotopic (exact) mass is 321 g/mol. The Bertz CT molecular complexity index is 626. The molecule has 8 heteroatoms. The molecular formula is C15H19N3O5. The van der Waals surface area contributed by atoms with Crippen LogP contribution in [-0.4, -0.2) is 53.5 Å². The number of hydrogen-bond acceptors (Lipinski definition) is 5. The van der Waals surface area contributed by atoms with Crippen LogP contribution in [0.3, 0.4) is 0 Å². The van der Waals surface area contributed by atoms with E-state index in [2.05, 4.69) is 0 Å². The standard InChI is InChI=1S/C15H19N3O5/c1-16(9-6-14(19)20)11-4-5-13(18(22)23)12(10-11)15(21)17-7-2-3-8-17/h4-5,10H,2-3,6-9H2,1H3,(H,19,20). The lowest BCUT2D eigenvalue weighted by molar-refractivity contribution is -0.385. The first kappa shape index (κ1) is 16.7. The highest BCUT2D eigenvalue weighted by atomic mass is 16.6. The molecule has 124 valence electrons. The number of anilines is 1. The zero-order valence-electron chi connectivity index (χ0n) is 12.9. The van der Waals surface area contributed by atoms with Gasteiger partial charge in [-0.15, -0.1) is 0 Å². The number of carbonyl (C=O) groups excluding carboxylic acids is 1. The second-order valence-electron chi connectivity index (χ2n) is 5.52. The van der Waals surface area contributed by atoms with Gasteiger partial charge >= 0.3 is 5.97 Å². The Balaban J connectivity index is 2.29. The molecule has 23 heavy (non-hydrogen) atoms. The summed E-state index contributed by atoms with van der Waals surface area (Å²) in [6.07, 6.45) is 1.75. The summed E-state index contributed by atoms with van der Waals surface area (Å²) in [5, 5.41) is 19.9. The van der Waals surface area contributed by atoms with Crippen molar-refractivity contribution < 1.29 is 19.6 Å². The normalized spacial score (nSPS) is 13.9. The Morgan fingerprint density at radius 3 is 2.57 bits per heavy atom. The third-order valence-corrected chi connectivity index (χ3v) is 3.90. The molecule has 0 bridgehead atoms. The highest BCUT2D eigenvalue weighted by molar-refractivity contribution is 5.99. The molecule has 1 amide bonds. The third-order valence-electron chi connectivity index (χ3n) is 3.90. The van der Waals surface area contributed by atoms with Crippen LogP contribution < -0.4 is 4.90 Å². The lowest BCUT2D eigenvalue weighted by atomic mass is 10.1. The molecule has 0 saturated carbocycles. The van der Waals surface area contributed by atoms with Gasteiger partial charge in [0.1, 0.15) is 5.56 Å². The summed E-state index contributed by atoms with van der Waals surface area (Å²) in [7, 11) is 1.69. The number of aliphatic carboxylic acids is 1. The van der Waals surface area contributed by atoms with Gasteiger partial charge in [0.05, 0.1) is 11.3 Å². The first-order valence-corrected chi connectivity index (χ1v) is 7.41. The van der Waals surface area contributed by atoms with Crippen LogP contribution >= 0.6 is 0 Å². The number of carbonyl (C=O) groups is 2. The number of carboxylic acids is 1. The van der Waals surface area contributed by atoms with Crippen molar-refractivity contribution in [2.45, 2.75) is 19.3 Å². The minimum absolute atomic E-state index is 0.0524. The Kier molecular flexibility index (Phi) is 5.15. The molecule has 1 aliphatic heterocycles. The predicted molar refractivity (Wildman–Crippen MR) is 83.8 cm³/mol. The number of carboxylic acid groups (broad SMARTS) is 1. The third kappa shape index (κ3) is 3.97. The van der Waals surface area contributed by atoms with Gasteiger partial charge in [-0.2, -0.15) is 0 Å². The molecule has 8 nitrogen and oxygen atoms in total. The highest BCUT2D eigenvalue weighted by Crippen LogP contribution is 2.27. The zero-order valence-corrected chi connectivity index (χ0v) is 12.9. The Morgan fingerprint density at radius 1 is 1.35 bits per heavy atom. The molecule has 0 unspecified atom stereocenters. The molecule has 1 aromatic carbocycles. The number of rotatable bonds is 6. The van der Waals surface area contributed by atoms with Crippen molar-refractivity contribution in [2.75, 3.05) is 31.6 Å². The number of nitro groups is 1. The average molecular weight is 321 g/mol. The van der Waals surface area contributed by atoms with Gasteiger partial charge in [-0.1, -0.05) is 0 Å². The van der Waals surface area contributed by atoms with E-state index in [-0.39, 0.29) is 30.1 Å². The summed E-state index contributed by atoms with van der Waals surface area (Å²) in [6.45, 7) is 1.47. The minimum atomic E-state index is -0.924. The molecule has 1 N–H and O–H groups in total. The van der Waals surface area contributed by atoms with E-state index < -0.39 is 10.9 Å². The van der Waals surface area contributed by atoms with Crippen molar-refractivity contribution in [2.24, 2.45) is 0 Å². The van der Waals surface area contributed by atoms with Crippen molar-refractivity contribution >= 4 is 23.3 Å². The van der Waals surface area contributed by atoms with E-state index in [1.54, 1.807) is 16.8 Å². The first-order chi connectivity index (χ1) is 10.9. The fourth-order valence-corrected chi connectivity index (χ4v) is 2.57. The SMILES string of the molecule is CN(CCC(=O)O)c1ccc([N+](=O)[O-])c(C(=O)N2CCCC2)c1. The van der Waals surface area contributed by atoms with Gasteiger partial charge in [0.25, 0.3) is 11.6 Å². The summed E-state index contributed by atoms with van der Waals surface area (Å²) in [5.41, 5.74) is 0.410. The molecule has 0 radical (unpaired) electrons. The van der Waals surface area contributed by atoms with Crippen LogP contribution in [0.4, 0.5) is 11.4 Å². The molecule has 1 aliphatic rings. The van der Waals surface area contributed by atoms with Gasteiger partial charge in [-0.05, 0) is 25.0 Å². The smallest absolute Gasteiger partial charge is 0.305 e. The maximum atomic E-state index is 12.5. The molecule has 1 fully saturated rings. The molecule has 2 rings (SSSR count). The van der Waals surface area contributed by atoms with Gasteiger partial charge < -0.3 is 14.9 Å². The van der Waals surface area contributed by atoms with Gasteiger partial charge in [-0.3, -0.25) is 19.7 Å². The molecule has 1 saturated heterocycles. The van der Waals surface area contributed by atoms with E-state index in [4.69, 9.17) is 5.11 Å². The van der Waals surface area contributed by atoms with Crippen LogP contribution in [-0.2, 0) is 4.79 Å². The van der Waals surface area contributed by atoms with Crippen LogP contribution in [0.2, 0.25) is 0 Å². The Hall–Kier alpha value is -2.64. The summed E-state index contributed by atoms with van der Waals surface area (Å²) in [4.78, 5) is 37.1. The fraction of sp³-hybridized carbons (Fsp3) is 0.467. The van der Waals surface area contributed by atoms with E-state index in [0.717, 1.165) is 12.8 Å². The summed E-state index contributed by atoms with van der Waals surface area (Å²) >= 11 is 0. The number of likely N-dealkylation sites (tertiary alicyclic amines) is 1. The number of nitrogens with zero attached hydrogens (tertiary/aromatic N) is 3. The van der Waals surface area contributed by atoms with E-state index >= 15 is 0 Å². The largest absolute Gasteiger partial charge is 0.481 e. The molecule has 1 heterocycles. The minimum Gasteiger partial charge on any atom is -0.481 e. The number of benzene rings is 1. The van der Waals surface area contributed by atoms with Gasteiger partial charge in [0.2, 0.25) is 0 Å². The molecule has 1 aromatic rings. The maximum absolute atomic E-state index is 12.5. The molecular weight excluding hydrogens is 302 g/mol. The van der Waals surface area contributed by atoms with E-state index in [1.807, 2.05) is 0 Å². The first-order valence-electron chi connectivity index (χ1n) is 7.41. The highest BCUT2D eigenvalue weighted by Gasteiger charge is 2.27. The number of nitro benzene ring substituents is 1. The van der Waals surface area contributed by atoms with E-state index in [0.29, 0.717) is 18.8 Å². The number of hydrogen-bond donors (Lipinski definition) is 1. The molecule has 0 aromatic heterocycles. The van der Waals surface area contributed by atoms with E-state index in [9.17, 15) is 19.7 Å². The number of amides is 1. The fourth-order valence-electron chi connectivity index (χ4n) is 2.57. The molecule has 0 atom stereocenters. The topological polar surface area (TPSA) is 104 Å². The van der Waals surface area contributed by atoms with Gasteiger partial charge in [-0.25, -0.2) is 0 Å². The van der Waals surface area contributed by atoms with Crippen molar-refractivity contribution in [1.82, 2.24) is 4.90 Å². The quantitative estimate of drug-likeness (QED) is 0.632. The average Bonchev–Trinajstić information content (AvgIpc) is 3.05. The van der Waals surface area contributed by atoms with Crippen LogP contribution in [0, 0.1) is 10.1 Å². The second kappa shape index (κ2) is 7.08. The maximum Gasteiger partial charge on any atom is 0.305 e. The Morgan fingerprint density at radius 2 is 2.00 bits per heavy atom.